The van der Waals surface area contributed by atoms with Crippen LogP contribution < -0.4 is 9.47 Å². The highest BCUT2D eigenvalue weighted by atomic mass is 16.8. The van der Waals surface area contributed by atoms with Crippen LogP contribution in [0.4, 0.5) is 0 Å². The zero-order valence-electron chi connectivity index (χ0n) is 31.2. The number of benzene rings is 2. The molecule has 20 nitrogen and oxygen atoms in total. The number of methoxy groups -OCH3 is 2. The number of aromatic hydroxyl groups is 2. The number of esters is 1. The van der Waals surface area contributed by atoms with Gasteiger partial charge in [-0.3, -0.25) is 0 Å². The highest BCUT2D eigenvalue weighted by Crippen LogP contribution is 2.34. The molecule has 0 saturated carbocycles. The first kappa shape index (κ1) is 44.4. The summed E-state index contributed by atoms with van der Waals surface area (Å²) in [7, 11) is 2.96. The molecule has 0 amide bonds. The van der Waals surface area contributed by atoms with Gasteiger partial charge in [-0.15, -0.1) is 0 Å². The van der Waals surface area contributed by atoms with Crippen LogP contribution in [0.15, 0.2) is 42.5 Å². The van der Waals surface area contributed by atoms with Crippen molar-refractivity contribution in [1.82, 2.24) is 0 Å². The Hall–Kier alpha value is -3.71. The SMILES string of the molecule is COc1ccc(CCO[C@@H]2O[C@H](CO[C@@H]3O[C@@H](CO)[C@H](O)[C@H](O)[C@H]3O)[C@@H](OC(=O)C=Cc3ccc(O)c(O)c3)[C@H](O[C@@H]3O[C@@H](C)[C@H](O)[C@H](O)[C@@H]3O)[C@H]2O)cc1OC. The normalized spacial score (nSPS) is 35.9. The van der Waals surface area contributed by atoms with Gasteiger partial charge < -0.3 is 93.7 Å². The number of carbonyl (C=O) groups is 1. The molecular weight excluding hydrogens is 764 g/mol. The Morgan fingerprint density at radius 3 is 2.05 bits per heavy atom. The van der Waals surface area contributed by atoms with Crippen LogP contribution in [0, 0.1) is 0 Å². The quantitative estimate of drug-likeness (QED) is 0.0501. The Bertz CT molecular complexity index is 1640. The number of carbonyl (C=O) groups excluding carboxylic acids is 1. The molecule has 20 heteroatoms. The van der Waals surface area contributed by atoms with Crippen molar-refractivity contribution < 1.29 is 98.5 Å². The van der Waals surface area contributed by atoms with Crippen LogP contribution in [-0.2, 0) is 44.4 Å². The number of phenols is 2. The van der Waals surface area contributed by atoms with Gasteiger partial charge in [0.15, 0.2) is 48.0 Å². The summed E-state index contributed by atoms with van der Waals surface area (Å²) in [6, 6.07) is 8.92. The molecule has 3 heterocycles. The van der Waals surface area contributed by atoms with Crippen LogP contribution in [0.3, 0.4) is 0 Å². The molecule has 0 aromatic heterocycles. The van der Waals surface area contributed by atoms with Crippen molar-refractivity contribution in [2.75, 3.05) is 34.0 Å². The fourth-order valence-electron chi connectivity index (χ4n) is 6.45. The highest BCUT2D eigenvalue weighted by molar-refractivity contribution is 5.87. The summed E-state index contributed by atoms with van der Waals surface area (Å²) in [6.07, 6.45) is -22.0. The second-order valence-electron chi connectivity index (χ2n) is 13.6. The molecule has 15 atom stereocenters. The third kappa shape index (κ3) is 10.5. The van der Waals surface area contributed by atoms with E-state index in [4.69, 9.17) is 42.6 Å². The number of hydrogen-bond donors (Lipinski definition) is 10. The monoisotopic (exact) mass is 814 g/mol. The van der Waals surface area contributed by atoms with E-state index in [9.17, 15) is 55.9 Å². The van der Waals surface area contributed by atoms with E-state index in [0.29, 0.717) is 11.5 Å². The maximum Gasteiger partial charge on any atom is 0.331 e. The van der Waals surface area contributed by atoms with Gasteiger partial charge in [0.05, 0.1) is 40.1 Å². The van der Waals surface area contributed by atoms with E-state index in [1.165, 1.54) is 45.4 Å². The first-order valence-corrected chi connectivity index (χ1v) is 18.0. The van der Waals surface area contributed by atoms with E-state index >= 15 is 0 Å². The van der Waals surface area contributed by atoms with Crippen LogP contribution in [0.25, 0.3) is 6.08 Å². The predicted octanol–water partition coefficient (Wildman–Crippen LogP) is -2.59. The van der Waals surface area contributed by atoms with Crippen LogP contribution >= 0.6 is 0 Å². The van der Waals surface area contributed by atoms with E-state index in [1.807, 2.05) is 0 Å². The average Bonchev–Trinajstić information content (AvgIpc) is 3.20. The van der Waals surface area contributed by atoms with E-state index in [0.717, 1.165) is 11.6 Å². The molecule has 0 aliphatic carbocycles. The minimum Gasteiger partial charge on any atom is -0.504 e. The van der Waals surface area contributed by atoms with E-state index < -0.39 is 123 Å². The van der Waals surface area contributed by atoms with E-state index in [1.54, 1.807) is 18.2 Å². The summed E-state index contributed by atoms with van der Waals surface area (Å²) >= 11 is 0. The first-order chi connectivity index (χ1) is 27.2. The number of ether oxygens (including phenoxy) is 9. The van der Waals surface area contributed by atoms with Crippen LogP contribution in [0.2, 0.25) is 0 Å². The second kappa shape index (κ2) is 19.8. The van der Waals surface area contributed by atoms with Crippen molar-refractivity contribution in [2.24, 2.45) is 0 Å². The Balaban J connectivity index is 1.44. The molecule has 318 valence electrons. The Morgan fingerprint density at radius 2 is 1.37 bits per heavy atom. The maximum atomic E-state index is 13.4. The molecule has 3 aliphatic heterocycles. The predicted molar refractivity (Wildman–Crippen MR) is 190 cm³/mol. The second-order valence-corrected chi connectivity index (χ2v) is 13.6. The minimum atomic E-state index is -1.86. The minimum absolute atomic E-state index is 0.0820. The van der Waals surface area contributed by atoms with Gasteiger partial charge in [0.2, 0.25) is 0 Å². The third-order valence-electron chi connectivity index (χ3n) is 9.77. The largest absolute Gasteiger partial charge is 0.504 e. The lowest BCUT2D eigenvalue weighted by Gasteiger charge is -2.47. The topological polar surface area (TPSA) is 302 Å². The lowest BCUT2D eigenvalue weighted by atomic mass is 9.96. The fraction of sp³-hybridized carbons (Fsp3) is 0.595. The van der Waals surface area contributed by atoms with Crippen molar-refractivity contribution >= 4 is 12.0 Å². The van der Waals surface area contributed by atoms with Crippen LogP contribution in [0.1, 0.15) is 18.1 Å². The molecule has 0 radical (unpaired) electrons. The number of phenolic OH excluding ortho intramolecular Hbond substituents is 2. The van der Waals surface area contributed by atoms with Gasteiger partial charge >= 0.3 is 5.97 Å². The molecule has 3 fully saturated rings. The summed E-state index contributed by atoms with van der Waals surface area (Å²) in [5, 5.41) is 104. The lowest BCUT2D eigenvalue weighted by Crippen LogP contribution is -2.65. The summed E-state index contributed by atoms with van der Waals surface area (Å²) in [6.45, 7) is -0.0838. The fourth-order valence-corrected chi connectivity index (χ4v) is 6.45. The lowest BCUT2D eigenvalue weighted by molar-refractivity contribution is -0.364. The van der Waals surface area contributed by atoms with Gasteiger partial charge in [0, 0.05) is 6.08 Å². The van der Waals surface area contributed by atoms with E-state index in [-0.39, 0.29) is 18.6 Å². The molecule has 5 rings (SSSR count). The number of rotatable bonds is 15. The summed E-state index contributed by atoms with van der Waals surface area (Å²) in [4.78, 5) is 13.4. The van der Waals surface area contributed by atoms with Gasteiger partial charge in [0.25, 0.3) is 0 Å². The Kier molecular flexibility index (Phi) is 15.4. The van der Waals surface area contributed by atoms with Crippen LogP contribution in [0.5, 0.6) is 23.0 Å². The molecule has 3 aliphatic rings. The van der Waals surface area contributed by atoms with Crippen LogP contribution in [-0.4, -0.2) is 183 Å². The highest BCUT2D eigenvalue weighted by Gasteiger charge is 2.53. The van der Waals surface area contributed by atoms with Crippen molar-refractivity contribution in [2.45, 2.75) is 105 Å². The summed E-state index contributed by atoms with van der Waals surface area (Å²) in [5.74, 6) is -0.971. The third-order valence-corrected chi connectivity index (χ3v) is 9.77. The van der Waals surface area contributed by atoms with Gasteiger partial charge in [-0.2, -0.15) is 0 Å². The maximum absolute atomic E-state index is 13.4. The van der Waals surface area contributed by atoms with Gasteiger partial charge in [-0.05, 0) is 54.8 Å². The van der Waals surface area contributed by atoms with Gasteiger partial charge in [0.1, 0.15) is 61.0 Å². The zero-order chi connectivity index (χ0) is 41.6. The number of aliphatic hydroxyl groups excluding tert-OH is 8. The molecule has 57 heavy (non-hydrogen) atoms. The van der Waals surface area contributed by atoms with Gasteiger partial charge in [-0.25, -0.2) is 4.79 Å². The molecule has 0 unspecified atom stereocenters. The van der Waals surface area contributed by atoms with Crippen molar-refractivity contribution in [3.63, 3.8) is 0 Å². The smallest absolute Gasteiger partial charge is 0.331 e. The van der Waals surface area contributed by atoms with Crippen molar-refractivity contribution in [3.8, 4) is 23.0 Å². The molecule has 2 aromatic rings. The average molecular weight is 815 g/mol. The molecule has 2 aromatic carbocycles. The summed E-state index contributed by atoms with van der Waals surface area (Å²) < 4.78 is 51.3. The van der Waals surface area contributed by atoms with Crippen molar-refractivity contribution in [1.29, 1.82) is 0 Å². The Labute approximate surface area is 326 Å². The molecule has 0 bridgehead atoms. The van der Waals surface area contributed by atoms with Crippen molar-refractivity contribution in [3.05, 3.63) is 53.6 Å². The first-order valence-electron chi connectivity index (χ1n) is 18.0. The Morgan fingerprint density at radius 1 is 0.702 bits per heavy atom. The molecule has 0 spiro atoms. The van der Waals surface area contributed by atoms with Gasteiger partial charge in [-0.1, -0.05) is 12.1 Å². The molecule has 10 N–H and O–H groups in total. The number of hydrogen-bond acceptors (Lipinski definition) is 20. The molecule has 3 saturated heterocycles. The standard InChI is InChI=1S/C37H50O20/c1-16-26(42)28(44)31(47)37(53-16)57-34-32(48)36(51-11-10-18-5-8-21(49-2)22(13-18)50-3)55-24(15-52-35-30(46)29(45)27(43)23(14-38)54-35)33(34)56-25(41)9-6-17-4-7-19(39)20(40)12-17/h4-9,12-13,16,23-24,26-40,42-48H,10-11,14-15H2,1-3H3/t16-,23-,24+,26-,27-,28-,29-,30+,31-,32+,33+,34+,35+,36+,37-/m0/s1. The summed E-state index contributed by atoms with van der Waals surface area (Å²) in [5.41, 5.74) is 1.02. The number of aliphatic hydroxyl groups is 8. The zero-order valence-corrected chi connectivity index (χ0v) is 31.2. The van der Waals surface area contributed by atoms with E-state index in [2.05, 4.69) is 0 Å². The molecular formula is C37H50O20.